The fourth-order valence-corrected chi connectivity index (χ4v) is 1.86. The molecule has 94 valence electrons. The van der Waals surface area contributed by atoms with Gasteiger partial charge in [-0.15, -0.1) is 0 Å². The third-order valence-corrected chi connectivity index (χ3v) is 2.81. The molecule has 19 heavy (non-hydrogen) atoms. The first kappa shape index (κ1) is 11.3. The standard InChI is InChI=1S/C14H9NO4/c16-10-3-1-9(2-4-10)13-7-12(17)11-5-6-15(18)8-14(11)19-13/h1-8H,(H-,16,17,18)/p+1. The Kier molecular flexibility index (Phi) is 2.45. The minimum Gasteiger partial charge on any atom is -0.508 e. The van der Waals surface area contributed by atoms with Crippen LogP contribution in [0, 0.1) is 0 Å². The molecule has 3 rings (SSSR count). The molecule has 0 aliphatic heterocycles. The van der Waals surface area contributed by atoms with Crippen LogP contribution < -0.4 is 10.2 Å². The fraction of sp³-hybridized carbons (Fsp3) is 0. The molecule has 0 aliphatic rings. The molecule has 0 radical (unpaired) electrons. The first-order valence-electron chi connectivity index (χ1n) is 5.61. The molecule has 2 N–H and O–H groups in total. The lowest BCUT2D eigenvalue weighted by molar-refractivity contribution is -0.904. The summed E-state index contributed by atoms with van der Waals surface area (Å²) in [5.41, 5.74) is 0.774. The normalized spacial score (nSPS) is 10.7. The third kappa shape index (κ3) is 2.01. The highest BCUT2D eigenvalue weighted by atomic mass is 16.5. The van der Waals surface area contributed by atoms with E-state index in [4.69, 9.17) is 4.42 Å². The molecule has 3 aromatic rings. The molecule has 2 aromatic heterocycles. The molecule has 0 bridgehead atoms. The lowest BCUT2D eigenvalue weighted by Crippen LogP contribution is -2.28. The predicted octanol–water partition coefficient (Wildman–Crippen LogP) is 1.69. The maximum atomic E-state index is 12.0. The highest BCUT2D eigenvalue weighted by Crippen LogP contribution is 2.23. The van der Waals surface area contributed by atoms with Crippen LogP contribution in [-0.4, -0.2) is 10.3 Å². The van der Waals surface area contributed by atoms with Gasteiger partial charge in [0.15, 0.2) is 5.43 Å². The number of hydrogen-bond donors (Lipinski definition) is 2. The number of phenols is 1. The predicted molar refractivity (Wildman–Crippen MR) is 67.0 cm³/mol. The van der Waals surface area contributed by atoms with Crippen molar-refractivity contribution in [2.24, 2.45) is 0 Å². The zero-order valence-corrected chi connectivity index (χ0v) is 9.78. The van der Waals surface area contributed by atoms with E-state index in [9.17, 15) is 15.1 Å². The molecule has 0 unspecified atom stereocenters. The smallest absolute Gasteiger partial charge is 0.265 e. The van der Waals surface area contributed by atoms with Crippen molar-refractivity contribution in [3.8, 4) is 17.1 Å². The zero-order valence-electron chi connectivity index (χ0n) is 9.78. The quantitative estimate of drug-likeness (QED) is 0.513. The van der Waals surface area contributed by atoms with Crippen molar-refractivity contribution in [2.45, 2.75) is 0 Å². The summed E-state index contributed by atoms with van der Waals surface area (Å²) in [5.74, 6) is 0.517. The Morgan fingerprint density at radius 1 is 1.11 bits per heavy atom. The second kappa shape index (κ2) is 4.13. The van der Waals surface area contributed by atoms with E-state index >= 15 is 0 Å². The van der Waals surface area contributed by atoms with Crippen LogP contribution in [-0.2, 0) is 0 Å². The summed E-state index contributed by atoms with van der Waals surface area (Å²) >= 11 is 0. The molecule has 0 amide bonds. The lowest BCUT2D eigenvalue weighted by Gasteiger charge is -2.01. The van der Waals surface area contributed by atoms with E-state index in [0.717, 1.165) is 4.73 Å². The summed E-state index contributed by atoms with van der Waals surface area (Å²) in [4.78, 5) is 12.0. The molecule has 0 aliphatic carbocycles. The van der Waals surface area contributed by atoms with Crippen molar-refractivity contribution >= 4 is 11.0 Å². The van der Waals surface area contributed by atoms with Crippen molar-refractivity contribution in [2.75, 3.05) is 0 Å². The Balaban J connectivity index is 2.25. The monoisotopic (exact) mass is 256 g/mol. The Morgan fingerprint density at radius 2 is 1.84 bits per heavy atom. The van der Waals surface area contributed by atoms with Gasteiger partial charge >= 0.3 is 0 Å². The maximum absolute atomic E-state index is 12.0. The Labute approximate surface area is 107 Å². The summed E-state index contributed by atoms with van der Waals surface area (Å²) in [6.45, 7) is 0. The molecule has 0 atom stereocenters. The Hall–Kier alpha value is -2.82. The minimum absolute atomic E-state index is 0.139. The van der Waals surface area contributed by atoms with Gasteiger partial charge in [-0.1, -0.05) is 0 Å². The largest absolute Gasteiger partial charge is 0.508 e. The van der Waals surface area contributed by atoms with Gasteiger partial charge in [-0.3, -0.25) is 10.0 Å². The number of aromatic hydroxyl groups is 1. The third-order valence-electron chi connectivity index (χ3n) is 2.81. The summed E-state index contributed by atoms with van der Waals surface area (Å²) in [5, 5.41) is 19.0. The molecular formula is C14H10NO4+. The molecule has 5 nitrogen and oxygen atoms in total. The van der Waals surface area contributed by atoms with Gasteiger partial charge in [-0.05, 0) is 24.3 Å². The number of aromatic nitrogens is 1. The van der Waals surface area contributed by atoms with Gasteiger partial charge in [0.05, 0.1) is 5.39 Å². The van der Waals surface area contributed by atoms with Crippen LogP contribution in [0.4, 0.5) is 0 Å². The van der Waals surface area contributed by atoms with Crippen molar-refractivity contribution < 1.29 is 19.5 Å². The average molecular weight is 256 g/mol. The highest BCUT2D eigenvalue weighted by Gasteiger charge is 2.10. The number of fused-ring (bicyclic) bond motifs is 1. The summed E-state index contributed by atoms with van der Waals surface area (Å²) < 4.78 is 6.41. The summed E-state index contributed by atoms with van der Waals surface area (Å²) in [7, 11) is 0. The first-order chi connectivity index (χ1) is 9.13. The van der Waals surface area contributed by atoms with Crippen LogP contribution in [0.25, 0.3) is 22.3 Å². The van der Waals surface area contributed by atoms with E-state index < -0.39 is 0 Å². The first-order valence-corrected chi connectivity index (χ1v) is 5.61. The topological polar surface area (TPSA) is 74.5 Å². The SMILES string of the molecule is O=c1cc(-c2ccc(O)cc2)oc2c[n+](O)ccc12. The second-order valence-corrected chi connectivity index (χ2v) is 4.12. The van der Waals surface area contributed by atoms with Crippen LogP contribution in [0.5, 0.6) is 5.75 Å². The number of rotatable bonds is 1. The molecule has 0 spiro atoms. The molecule has 0 saturated carbocycles. The van der Waals surface area contributed by atoms with Crippen LogP contribution in [0.2, 0.25) is 0 Å². The second-order valence-electron chi connectivity index (χ2n) is 4.12. The van der Waals surface area contributed by atoms with Crippen molar-refractivity contribution in [1.29, 1.82) is 0 Å². The highest BCUT2D eigenvalue weighted by molar-refractivity contribution is 5.76. The van der Waals surface area contributed by atoms with E-state index in [1.54, 1.807) is 12.1 Å². The van der Waals surface area contributed by atoms with E-state index in [-0.39, 0.29) is 11.2 Å². The molecule has 5 heteroatoms. The number of hydrogen-bond acceptors (Lipinski definition) is 4. The molecule has 2 heterocycles. The Morgan fingerprint density at radius 3 is 2.58 bits per heavy atom. The van der Waals surface area contributed by atoms with Crippen LogP contribution in [0.3, 0.4) is 0 Å². The zero-order chi connectivity index (χ0) is 13.4. The number of nitrogens with zero attached hydrogens (tertiary/aromatic N) is 1. The van der Waals surface area contributed by atoms with Gasteiger partial charge in [-0.25, -0.2) is 0 Å². The Bertz CT molecular complexity index is 806. The van der Waals surface area contributed by atoms with Crippen LogP contribution in [0.15, 0.2) is 58.0 Å². The van der Waals surface area contributed by atoms with Crippen molar-refractivity contribution in [3.05, 3.63) is 59.0 Å². The number of phenolic OH excluding ortho intramolecular Hbond substituents is 1. The maximum Gasteiger partial charge on any atom is 0.265 e. The molecular weight excluding hydrogens is 246 g/mol. The number of pyridine rings is 1. The van der Waals surface area contributed by atoms with Crippen molar-refractivity contribution in [3.63, 3.8) is 0 Å². The molecule has 0 saturated heterocycles. The van der Waals surface area contributed by atoms with Crippen LogP contribution in [0.1, 0.15) is 0 Å². The van der Waals surface area contributed by atoms with Crippen molar-refractivity contribution in [1.82, 2.24) is 0 Å². The number of benzene rings is 1. The average Bonchev–Trinajstić information content (AvgIpc) is 2.38. The van der Waals surface area contributed by atoms with E-state index in [1.807, 2.05) is 0 Å². The summed E-state index contributed by atoms with van der Waals surface area (Å²) in [6, 6.07) is 9.19. The van der Waals surface area contributed by atoms with E-state index in [0.29, 0.717) is 22.3 Å². The minimum atomic E-state index is -0.190. The van der Waals surface area contributed by atoms with E-state index in [1.165, 1.54) is 36.7 Å². The molecule has 0 fully saturated rings. The van der Waals surface area contributed by atoms with E-state index in [2.05, 4.69) is 0 Å². The lowest BCUT2D eigenvalue weighted by atomic mass is 10.1. The fourth-order valence-electron chi connectivity index (χ4n) is 1.86. The van der Waals surface area contributed by atoms with Gasteiger partial charge in [0.1, 0.15) is 11.5 Å². The summed E-state index contributed by atoms with van der Waals surface area (Å²) in [6.07, 6.45) is 2.68. The molecule has 1 aromatic carbocycles. The van der Waals surface area contributed by atoms with Gasteiger partial charge in [0, 0.05) is 22.4 Å². The van der Waals surface area contributed by atoms with Gasteiger partial charge in [0.2, 0.25) is 11.8 Å². The van der Waals surface area contributed by atoms with Gasteiger partial charge in [0.25, 0.3) is 6.20 Å². The van der Waals surface area contributed by atoms with Gasteiger partial charge < -0.3 is 9.52 Å². The van der Waals surface area contributed by atoms with Gasteiger partial charge in [-0.2, -0.15) is 0 Å². The van der Waals surface area contributed by atoms with Crippen LogP contribution >= 0.6 is 0 Å².